The Morgan fingerprint density at radius 2 is 1.09 bits per heavy atom. The lowest BCUT2D eigenvalue weighted by Gasteiger charge is -2.18. The lowest BCUT2D eigenvalue weighted by molar-refractivity contribution is -0.161. The molecule has 0 radical (unpaired) electrons. The van der Waals surface area contributed by atoms with E-state index in [2.05, 4.69) is 42.7 Å². The molecule has 306 valence electrons. The number of phosphoric acid groups is 1. The van der Waals surface area contributed by atoms with E-state index in [1.807, 2.05) is 36.5 Å². The number of esters is 2. The number of hydrogen-bond donors (Lipinski definition) is 3. The minimum Gasteiger partial charge on any atom is -0.462 e. The first-order valence-electron chi connectivity index (χ1n) is 20.7. The Bertz CT molecular complexity index is 1060. The van der Waals surface area contributed by atoms with Crippen LogP contribution in [0.15, 0.2) is 60.8 Å². The van der Waals surface area contributed by atoms with Crippen molar-refractivity contribution in [3.8, 4) is 0 Å². The largest absolute Gasteiger partial charge is 0.469 e. The first kappa shape index (κ1) is 50.7. The first-order valence-corrected chi connectivity index (χ1v) is 22.2. The van der Waals surface area contributed by atoms with E-state index < -0.39 is 32.5 Å². The molecule has 0 aliphatic carbocycles. The molecule has 0 spiro atoms. The Kier molecular flexibility index (Phi) is 36.4. The van der Waals surface area contributed by atoms with E-state index in [0.29, 0.717) is 19.3 Å². The van der Waals surface area contributed by atoms with Gasteiger partial charge in [0.25, 0.3) is 0 Å². The summed E-state index contributed by atoms with van der Waals surface area (Å²) in [7, 11) is -4.78. The van der Waals surface area contributed by atoms with Gasteiger partial charge in [-0.2, -0.15) is 0 Å². The van der Waals surface area contributed by atoms with Gasteiger partial charge in [0.1, 0.15) is 6.61 Å². The molecule has 53 heavy (non-hydrogen) atoms. The van der Waals surface area contributed by atoms with Crippen molar-refractivity contribution in [2.45, 2.75) is 187 Å². The Morgan fingerprint density at radius 3 is 1.74 bits per heavy atom. The average Bonchev–Trinajstić information content (AvgIpc) is 3.12. The molecule has 0 saturated carbocycles. The van der Waals surface area contributed by atoms with Crippen molar-refractivity contribution in [2.75, 3.05) is 13.2 Å². The van der Waals surface area contributed by atoms with Gasteiger partial charge in [-0.25, -0.2) is 4.57 Å². The summed E-state index contributed by atoms with van der Waals surface area (Å²) < 4.78 is 26.3. The van der Waals surface area contributed by atoms with Crippen LogP contribution in [0.25, 0.3) is 0 Å². The van der Waals surface area contributed by atoms with Crippen LogP contribution in [0.5, 0.6) is 0 Å². The van der Waals surface area contributed by atoms with Crippen LogP contribution >= 0.6 is 7.82 Å². The van der Waals surface area contributed by atoms with Crippen molar-refractivity contribution < 1.29 is 43.0 Å². The minimum absolute atomic E-state index is 0.113. The molecular weight excluding hydrogens is 691 g/mol. The lowest BCUT2D eigenvalue weighted by atomic mass is 10.1. The summed E-state index contributed by atoms with van der Waals surface area (Å²) in [4.78, 5) is 42.8. The van der Waals surface area contributed by atoms with E-state index in [4.69, 9.17) is 19.3 Å². The van der Waals surface area contributed by atoms with Crippen molar-refractivity contribution in [3.05, 3.63) is 60.8 Å². The van der Waals surface area contributed by atoms with Crippen molar-refractivity contribution in [1.29, 1.82) is 0 Å². The van der Waals surface area contributed by atoms with Gasteiger partial charge in [0.15, 0.2) is 6.10 Å². The summed E-state index contributed by atoms with van der Waals surface area (Å²) in [6.07, 6.45) is 44.1. The number of hydrogen-bond acceptors (Lipinski definition) is 7. The van der Waals surface area contributed by atoms with E-state index in [9.17, 15) is 19.3 Å². The maximum atomic E-state index is 12.4. The molecule has 3 N–H and O–H groups in total. The fourth-order valence-corrected chi connectivity index (χ4v) is 5.83. The van der Waals surface area contributed by atoms with Crippen LogP contribution in [-0.2, 0) is 28.2 Å². The van der Waals surface area contributed by atoms with Crippen molar-refractivity contribution in [1.82, 2.24) is 0 Å². The number of phosphoric ester groups is 1. The predicted octanol–water partition coefficient (Wildman–Crippen LogP) is 11.5. The maximum Gasteiger partial charge on any atom is 0.469 e. The molecule has 0 aliphatic heterocycles. The second kappa shape index (κ2) is 38.0. The first-order chi connectivity index (χ1) is 25.7. The van der Waals surface area contributed by atoms with Crippen LogP contribution in [0.1, 0.15) is 174 Å². The van der Waals surface area contributed by atoms with E-state index in [0.717, 1.165) is 64.2 Å². The van der Waals surface area contributed by atoms with Gasteiger partial charge < -0.3 is 24.4 Å². The molecule has 0 fully saturated rings. The maximum absolute atomic E-state index is 12.4. The van der Waals surface area contributed by atoms with Gasteiger partial charge in [0.2, 0.25) is 0 Å². The molecule has 9 nitrogen and oxygen atoms in total. The Balaban J connectivity index is 4.08. The molecule has 0 aliphatic rings. The highest BCUT2D eigenvalue weighted by molar-refractivity contribution is 7.46. The molecular formula is C43H75O9P. The fourth-order valence-electron chi connectivity index (χ4n) is 5.47. The molecule has 0 heterocycles. The second-order valence-corrected chi connectivity index (χ2v) is 15.0. The summed E-state index contributed by atoms with van der Waals surface area (Å²) in [5.74, 6) is -0.984. The smallest absolute Gasteiger partial charge is 0.462 e. The van der Waals surface area contributed by atoms with Gasteiger partial charge in [-0.1, -0.05) is 158 Å². The summed E-state index contributed by atoms with van der Waals surface area (Å²) in [6, 6.07) is 0. The lowest BCUT2D eigenvalue weighted by Crippen LogP contribution is -2.29. The van der Waals surface area contributed by atoms with E-state index in [-0.39, 0.29) is 25.6 Å². The molecule has 0 aromatic carbocycles. The number of unbranched alkanes of at least 4 members (excludes halogenated alkanes) is 16. The molecule has 0 aromatic heterocycles. The normalized spacial score (nSPS) is 13.7. The summed E-state index contributed by atoms with van der Waals surface area (Å²) in [5, 5.41) is 9.87. The van der Waals surface area contributed by atoms with Crippen LogP contribution < -0.4 is 0 Å². The topological polar surface area (TPSA) is 140 Å². The number of carbonyl (C=O) groups is 2. The van der Waals surface area contributed by atoms with Crippen molar-refractivity contribution in [3.63, 3.8) is 0 Å². The highest BCUT2D eigenvalue weighted by Gasteiger charge is 2.22. The van der Waals surface area contributed by atoms with Gasteiger partial charge >= 0.3 is 19.8 Å². The molecule has 2 atom stereocenters. The monoisotopic (exact) mass is 767 g/mol. The third-order valence-corrected chi connectivity index (χ3v) is 9.10. The summed E-state index contributed by atoms with van der Waals surface area (Å²) >= 11 is 0. The SMILES string of the molecule is CCCCCCCC/C=C\CCCCCCCCCC(=O)OC[C@H](COP(=O)(O)O)OC(=O)CCC/C=C\C/C=C\C/C=C\C=C\[C@@H](O)CCCCC. The Hall–Kier alpha value is -2.29. The van der Waals surface area contributed by atoms with Crippen molar-refractivity contribution >= 4 is 19.8 Å². The van der Waals surface area contributed by atoms with Gasteiger partial charge in [-0.15, -0.1) is 0 Å². The van der Waals surface area contributed by atoms with Crippen LogP contribution in [0.4, 0.5) is 0 Å². The molecule has 0 saturated heterocycles. The van der Waals surface area contributed by atoms with Crippen LogP contribution in [0.2, 0.25) is 0 Å². The number of aliphatic hydroxyl groups is 1. The number of carbonyl (C=O) groups excluding carboxylic acids is 2. The third-order valence-electron chi connectivity index (χ3n) is 8.61. The molecule has 10 heteroatoms. The van der Waals surface area contributed by atoms with Crippen molar-refractivity contribution in [2.24, 2.45) is 0 Å². The molecule has 0 bridgehead atoms. The van der Waals surface area contributed by atoms with E-state index in [1.54, 1.807) is 0 Å². The standard InChI is InChI=1S/C43H75O9P/c1-3-5-7-8-9-10-11-12-13-14-15-16-19-22-25-28-32-36-42(45)50-38-41(39-51-53(47,48)49)52-43(46)37-33-29-26-23-20-17-18-21-24-27-31-35-40(44)34-30-6-4-2/h12-13,17-18,23-24,26-27,31,35,40-41,44H,3-11,14-16,19-22,25,28-30,32-34,36-39H2,1-2H3,(H2,47,48,49)/b13-12-,18-17-,26-23-,27-24-,35-31+/t40-,41+/m0/s1. The van der Waals surface area contributed by atoms with Crippen LogP contribution in [0, 0.1) is 0 Å². The fraction of sp³-hybridized carbons (Fsp3) is 0.721. The van der Waals surface area contributed by atoms with Gasteiger partial charge in [-0.05, 0) is 64.2 Å². The molecule has 0 rings (SSSR count). The van der Waals surface area contributed by atoms with E-state index >= 15 is 0 Å². The Labute approximate surface area is 322 Å². The van der Waals surface area contributed by atoms with Crippen LogP contribution in [-0.4, -0.2) is 52.3 Å². The molecule has 0 amide bonds. The quantitative estimate of drug-likeness (QED) is 0.0185. The third kappa shape index (κ3) is 40.7. The minimum atomic E-state index is -4.78. The summed E-state index contributed by atoms with van der Waals surface area (Å²) in [6.45, 7) is 3.50. The number of rotatable bonds is 37. The highest BCUT2D eigenvalue weighted by Crippen LogP contribution is 2.36. The number of aliphatic hydroxyl groups excluding tert-OH is 1. The summed E-state index contributed by atoms with van der Waals surface area (Å²) in [5.41, 5.74) is 0. The number of allylic oxidation sites excluding steroid dienone is 9. The Morgan fingerprint density at radius 1 is 0.585 bits per heavy atom. The highest BCUT2D eigenvalue weighted by atomic mass is 31.2. The zero-order valence-corrected chi connectivity index (χ0v) is 34.2. The van der Waals surface area contributed by atoms with Crippen LogP contribution in [0.3, 0.4) is 0 Å². The van der Waals surface area contributed by atoms with Gasteiger partial charge in [0.05, 0.1) is 12.7 Å². The predicted molar refractivity (Wildman–Crippen MR) is 217 cm³/mol. The van der Waals surface area contributed by atoms with E-state index in [1.165, 1.54) is 64.2 Å². The number of ether oxygens (including phenoxy) is 2. The second-order valence-electron chi connectivity index (χ2n) is 13.8. The molecule has 0 unspecified atom stereocenters. The van der Waals surface area contributed by atoms with Gasteiger partial charge in [-0.3, -0.25) is 14.1 Å². The zero-order valence-electron chi connectivity index (χ0n) is 33.3. The average molecular weight is 767 g/mol. The zero-order chi connectivity index (χ0) is 39.1. The molecule has 0 aromatic rings. The van der Waals surface area contributed by atoms with Gasteiger partial charge in [0, 0.05) is 12.8 Å².